The zero-order valence-corrected chi connectivity index (χ0v) is 17.8. The highest BCUT2D eigenvalue weighted by Gasteiger charge is 2.29. The molecular formula is C26H26N2O4. The molecule has 3 N–H and O–H groups in total. The Bertz CT molecular complexity index is 1050. The zero-order chi connectivity index (χ0) is 22.5. The van der Waals surface area contributed by atoms with E-state index in [0.717, 1.165) is 27.8 Å². The molecule has 0 heterocycles. The lowest BCUT2D eigenvalue weighted by Crippen LogP contribution is -2.48. The molecule has 2 atom stereocenters. The first-order valence-electron chi connectivity index (χ1n) is 10.7. The Kier molecular flexibility index (Phi) is 6.52. The molecule has 1 aliphatic carbocycles. The molecule has 3 aromatic rings. The van der Waals surface area contributed by atoms with E-state index < -0.39 is 18.1 Å². The number of carbonyl (C=O) groups excluding carboxylic acids is 1. The van der Waals surface area contributed by atoms with E-state index in [1.54, 1.807) is 0 Å². The van der Waals surface area contributed by atoms with Crippen LogP contribution in [0.3, 0.4) is 0 Å². The fourth-order valence-electron chi connectivity index (χ4n) is 4.14. The van der Waals surface area contributed by atoms with Crippen molar-refractivity contribution in [2.75, 3.05) is 13.2 Å². The predicted octanol–water partition coefficient (Wildman–Crippen LogP) is 4.33. The van der Waals surface area contributed by atoms with E-state index in [4.69, 9.17) is 4.74 Å². The quantitative estimate of drug-likeness (QED) is 0.495. The molecule has 0 aliphatic heterocycles. The molecule has 1 amide bonds. The molecule has 0 radical (unpaired) electrons. The second-order valence-corrected chi connectivity index (χ2v) is 7.90. The van der Waals surface area contributed by atoms with E-state index in [9.17, 15) is 14.7 Å². The average Bonchev–Trinajstić information content (AvgIpc) is 3.14. The lowest BCUT2D eigenvalue weighted by atomic mass is 9.98. The van der Waals surface area contributed by atoms with Gasteiger partial charge in [0.25, 0.3) is 0 Å². The first-order chi connectivity index (χ1) is 15.5. The maximum atomic E-state index is 12.4. The van der Waals surface area contributed by atoms with Gasteiger partial charge in [0, 0.05) is 18.5 Å². The zero-order valence-electron chi connectivity index (χ0n) is 17.8. The number of nitrogens with one attached hydrogen (secondary N) is 2. The van der Waals surface area contributed by atoms with E-state index >= 15 is 0 Å². The SMILES string of the molecule is CC(NCC(NC(=O)OCC1c2ccccc2-c2ccccc21)C(=O)O)c1ccccc1. The van der Waals surface area contributed by atoms with Crippen LogP contribution in [0.15, 0.2) is 78.9 Å². The van der Waals surface area contributed by atoms with Gasteiger partial charge in [0.1, 0.15) is 12.6 Å². The van der Waals surface area contributed by atoms with Crippen LogP contribution in [0.4, 0.5) is 4.79 Å². The minimum atomic E-state index is -1.12. The van der Waals surface area contributed by atoms with Gasteiger partial charge in [0.15, 0.2) is 0 Å². The number of amides is 1. The Morgan fingerprint density at radius 1 is 0.906 bits per heavy atom. The second-order valence-electron chi connectivity index (χ2n) is 7.90. The van der Waals surface area contributed by atoms with Crippen LogP contribution in [0.5, 0.6) is 0 Å². The standard InChI is InChI=1S/C26H26N2O4/c1-17(18-9-3-2-4-10-18)27-15-24(25(29)30)28-26(31)32-16-23-21-13-7-5-11-19(21)20-12-6-8-14-22(20)23/h2-14,17,23-24,27H,15-16H2,1H3,(H,28,31)(H,29,30). The number of carboxylic acid groups (broad SMARTS) is 1. The molecule has 0 saturated heterocycles. The third-order valence-electron chi connectivity index (χ3n) is 5.86. The molecule has 6 heteroatoms. The summed E-state index contributed by atoms with van der Waals surface area (Å²) in [6.45, 7) is 2.16. The van der Waals surface area contributed by atoms with Gasteiger partial charge in [-0.2, -0.15) is 0 Å². The minimum absolute atomic E-state index is 0.0534. The van der Waals surface area contributed by atoms with Gasteiger partial charge in [0.05, 0.1) is 0 Å². The van der Waals surface area contributed by atoms with E-state index in [1.165, 1.54) is 0 Å². The number of rotatable bonds is 8. The molecule has 32 heavy (non-hydrogen) atoms. The van der Waals surface area contributed by atoms with Crippen LogP contribution in [0.25, 0.3) is 11.1 Å². The maximum absolute atomic E-state index is 12.4. The number of ether oxygens (including phenoxy) is 1. The lowest BCUT2D eigenvalue weighted by Gasteiger charge is -2.20. The summed E-state index contributed by atoms with van der Waals surface area (Å²) in [5.41, 5.74) is 5.53. The third-order valence-corrected chi connectivity index (χ3v) is 5.86. The molecule has 6 nitrogen and oxygen atoms in total. The van der Waals surface area contributed by atoms with Crippen LogP contribution < -0.4 is 10.6 Å². The molecule has 164 valence electrons. The summed E-state index contributed by atoms with van der Waals surface area (Å²) >= 11 is 0. The van der Waals surface area contributed by atoms with Crippen molar-refractivity contribution in [3.05, 3.63) is 95.6 Å². The van der Waals surface area contributed by atoms with Crippen molar-refractivity contribution in [1.82, 2.24) is 10.6 Å². The van der Waals surface area contributed by atoms with Gasteiger partial charge in [0.2, 0.25) is 0 Å². The van der Waals surface area contributed by atoms with E-state index in [0.29, 0.717) is 0 Å². The summed E-state index contributed by atoms with van der Waals surface area (Å²) in [4.78, 5) is 24.1. The highest BCUT2D eigenvalue weighted by atomic mass is 16.5. The number of carbonyl (C=O) groups is 2. The van der Waals surface area contributed by atoms with Crippen molar-refractivity contribution >= 4 is 12.1 Å². The number of carboxylic acids is 1. The highest BCUT2D eigenvalue weighted by molar-refractivity contribution is 5.81. The molecule has 3 aromatic carbocycles. The Morgan fingerprint density at radius 2 is 1.47 bits per heavy atom. The predicted molar refractivity (Wildman–Crippen MR) is 122 cm³/mol. The van der Waals surface area contributed by atoms with Crippen molar-refractivity contribution in [2.45, 2.75) is 24.9 Å². The minimum Gasteiger partial charge on any atom is -0.480 e. The van der Waals surface area contributed by atoms with Crippen molar-refractivity contribution in [2.24, 2.45) is 0 Å². The van der Waals surface area contributed by atoms with E-state index in [1.807, 2.05) is 73.7 Å². The topological polar surface area (TPSA) is 87.7 Å². The monoisotopic (exact) mass is 430 g/mol. The molecule has 4 rings (SSSR count). The van der Waals surface area contributed by atoms with Crippen LogP contribution in [-0.4, -0.2) is 36.4 Å². The van der Waals surface area contributed by atoms with Gasteiger partial charge in [-0.25, -0.2) is 9.59 Å². The highest BCUT2D eigenvalue weighted by Crippen LogP contribution is 2.44. The molecule has 0 saturated carbocycles. The summed E-state index contributed by atoms with van der Waals surface area (Å²) in [5.74, 6) is -1.20. The summed E-state index contributed by atoms with van der Waals surface area (Å²) in [6, 6.07) is 24.7. The number of hydrogen-bond donors (Lipinski definition) is 3. The number of benzene rings is 3. The smallest absolute Gasteiger partial charge is 0.407 e. The summed E-state index contributed by atoms with van der Waals surface area (Å²) in [5, 5.41) is 15.2. The largest absolute Gasteiger partial charge is 0.480 e. The van der Waals surface area contributed by atoms with Crippen LogP contribution in [0.1, 0.15) is 35.6 Å². The Labute approximate surface area is 187 Å². The van der Waals surface area contributed by atoms with Crippen LogP contribution in [0.2, 0.25) is 0 Å². The van der Waals surface area contributed by atoms with Crippen molar-refractivity contribution in [3.8, 4) is 11.1 Å². The number of hydrogen-bond acceptors (Lipinski definition) is 4. The number of aliphatic carboxylic acids is 1. The molecular weight excluding hydrogens is 404 g/mol. The van der Waals surface area contributed by atoms with Crippen LogP contribution >= 0.6 is 0 Å². The fraction of sp³-hybridized carbons (Fsp3) is 0.231. The molecule has 1 aliphatic rings. The van der Waals surface area contributed by atoms with Gasteiger partial charge in [-0.15, -0.1) is 0 Å². The normalized spacial score (nSPS) is 14.2. The average molecular weight is 431 g/mol. The first kappa shape index (κ1) is 21.6. The van der Waals surface area contributed by atoms with Crippen LogP contribution in [0, 0.1) is 0 Å². The van der Waals surface area contributed by atoms with Crippen molar-refractivity contribution in [3.63, 3.8) is 0 Å². The molecule has 0 bridgehead atoms. The van der Waals surface area contributed by atoms with E-state index in [-0.39, 0.29) is 25.1 Å². The molecule has 0 fully saturated rings. The maximum Gasteiger partial charge on any atom is 0.407 e. The molecule has 0 spiro atoms. The van der Waals surface area contributed by atoms with Crippen molar-refractivity contribution in [1.29, 1.82) is 0 Å². The van der Waals surface area contributed by atoms with Gasteiger partial charge in [-0.1, -0.05) is 78.9 Å². The third kappa shape index (κ3) is 4.65. The van der Waals surface area contributed by atoms with Crippen molar-refractivity contribution < 1.29 is 19.4 Å². The number of alkyl carbamates (subject to hydrolysis) is 1. The van der Waals surface area contributed by atoms with E-state index in [2.05, 4.69) is 22.8 Å². The molecule has 2 unspecified atom stereocenters. The summed E-state index contributed by atoms with van der Waals surface area (Å²) in [7, 11) is 0. The summed E-state index contributed by atoms with van der Waals surface area (Å²) in [6.07, 6.45) is -0.742. The van der Waals surface area contributed by atoms with Gasteiger partial charge in [-0.3, -0.25) is 0 Å². The Morgan fingerprint density at radius 3 is 2.06 bits per heavy atom. The van der Waals surface area contributed by atoms with Crippen LogP contribution in [-0.2, 0) is 9.53 Å². The Balaban J connectivity index is 1.36. The fourth-order valence-corrected chi connectivity index (χ4v) is 4.14. The first-order valence-corrected chi connectivity index (χ1v) is 10.7. The molecule has 0 aromatic heterocycles. The van der Waals surface area contributed by atoms with Gasteiger partial charge in [-0.05, 0) is 34.7 Å². The number of fused-ring (bicyclic) bond motifs is 3. The second kappa shape index (κ2) is 9.66. The van der Waals surface area contributed by atoms with Gasteiger partial charge >= 0.3 is 12.1 Å². The summed E-state index contributed by atoms with van der Waals surface area (Å²) < 4.78 is 5.47. The lowest BCUT2D eigenvalue weighted by molar-refractivity contribution is -0.139. The Hall–Kier alpha value is -3.64. The van der Waals surface area contributed by atoms with Gasteiger partial charge < -0.3 is 20.5 Å².